The fourth-order valence-electron chi connectivity index (χ4n) is 2.73. The topological polar surface area (TPSA) is 40.6 Å². The van der Waals surface area contributed by atoms with Crippen molar-refractivity contribution in [3.8, 4) is 0 Å². The molecule has 0 bridgehead atoms. The second-order valence-electron chi connectivity index (χ2n) is 5.72. The van der Waals surface area contributed by atoms with E-state index >= 15 is 0 Å². The Bertz CT molecular complexity index is 820. The molecule has 7 heteroatoms. The van der Waals surface area contributed by atoms with Gasteiger partial charge >= 0.3 is 0 Å². The van der Waals surface area contributed by atoms with Crippen LogP contribution in [0.2, 0.25) is 0 Å². The number of nitrogens with zero attached hydrogens (tertiary/aromatic N) is 2. The maximum absolute atomic E-state index is 13.3. The number of hydrogen-bond donors (Lipinski definition) is 0. The first kappa shape index (κ1) is 17.8. The molecule has 1 aliphatic rings. The average Bonchev–Trinajstić information content (AvgIpc) is 2.63. The molecule has 130 valence electrons. The fourth-order valence-corrected chi connectivity index (χ4v) is 3.27. The molecule has 0 atom stereocenters. The first-order chi connectivity index (χ1) is 12.0. The molecule has 0 aromatic heterocycles. The summed E-state index contributed by atoms with van der Waals surface area (Å²) in [7, 11) is 0. The Balaban J connectivity index is 1.64. The van der Waals surface area contributed by atoms with E-state index in [0.29, 0.717) is 31.7 Å². The molecular formula is C18H15F2IN2O2. The Morgan fingerprint density at radius 1 is 0.800 bits per heavy atom. The number of rotatable bonds is 2. The van der Waals surface area contributed by atoms with Crippen LogP contribution in [0.4, 0.5) is 8.78 Å². The van der Waals surface area contributed by atoms with Gasteiger partial charge in [-0.25, -0.2) is 8.78 Å². The van der Waals surface area contributed by atoms with E-state index in [0.717, 1.165) is 15.7 Å². The highest BCUT2D eigenvalue weighted by molar-refractivity contribution is 14.1. The van der Waals surface area contributed by atoms with E-state index in [9.17, 15) is 18.4 Å². The highest BCUT2D eigenvalue weighted by atomic mass is 127. The zero-order valence-electron chi connectivity index (χ0n) is 13.2. The molecule has 0 saturated carbocycles. The lowest BCUT2D eigenvalue weighted by atomic mass is 10.1. The summed E-state index contributed by atoms with van der Waals surface area (Å²) in [6.45, 7) is 1.51. The number of piperazine rings is 1. The lowest BCUT2D eigenvalue weighted by Gasteiger charge is -2.35. The number of hydrogen-bond acceptors (Lipinski definition) is 2. The van der Waals surface area contributed by atoms with Crippen molar-refractivity contribution >= 4 is 34.4 Å². The van der Waals surface area contributed by atoms with E-state index in [1.54, 1.807) is 15.9 Å². The maximum Gasteiger partial charge on any atom is 0.254 e. The molecule has 1 saturated heterocycles. The average molecular weight is 456 g/mol. The maximum atomic E-state index is 13.3. The molecule has 4 nitrogen and oxygen atoms in total. The van der Waals surface area contributed by atoms with Crippen molar-refractivity contribution in [3.05, 3.63) is 68.8 Å². The molecule has 2 aromatic rings. The Morgan fingerprint density at radius 3 is 1.88 bits per heavy atom. The van der Waals surface area contributed by atoms with E-state index in [-0.39, 0.29) is 17.4 Å². The SMILES string of the molecule is O=C(c1cccc(I)c1)N1CCN(C(=O)c2ccc(F)c(F)c2)CC1. The van der Waals surface area contributed by atoms with Gasteiger partial charge in [0.15, 0.2) is 11.6 Å². The Morgan fingerprint density at radius 2 is 1.36 bits per heavy atom. The van der Waals surface area contributed by atoms with Gasteiger partial charge in [-0.1, -0.05) is 6.07 Å². The van der Waals surface area contributed by atoms with Crippen molar-refractivity contribution in [2.75, 3.05) is 26.2 Å². The van der Waals surface area contributed by atoms with Crippen molar-refractivity contribution in [1.82, 2.24) is 9.80 Å². The van der Waals surface area contributed by atoms with E-state index in [1.807, 2.05) is 18.2 Å². The summed E-state index contributed by atoms with van der Waals surface area (Å²) in [5, 5.41) is 0. The molecule has 1 aliphatic heterocycles. The summed E-state index contributed by atoms with van der Waals surface area (Å²) < 4.78 is 27.3. The van der Waals surface area contributed by atoms with Gasteiger partial charge in [0, 0.05) is 40.9 Å². The molecule has 3 rings (SSSR count). The number of benzene rings is 2. The van der Waals surface area contributed by atoms with E-state index in [2.05, 4.69) is 22.6 Å². The monoisotopic (exact) mass is 456 g/mol. The third-order valence-electron chi connectivity index (χ3n) is 4.09. The van der Waals surface area contributed by atoms with Crippen molar-refractivity contribution in [2.45, 2.75) is 0 Å². The fraction of sp³-hybridized carbons (Fsp3) is 0.222. The van der Waals surface area contributed by atoms with Gasteiger partial charge in [0.05, 0.1) is 0 Å². The molecule has 2 aromatic carbocycles. The summed E-state index contributed by atoms with van der Waals surface area (Å²) in [6.07, 6.45) is 0. The molecular weight excluding hydrogens is 441 g/mol. The van der Waals surface area contributed by atoms with Gasteiger partial charge in [-0.2, -0.15) is 0 Å². The number of carbonyl (C=O) groups is 2. The van der Waals surface area contributed by atoms with Gasteiger partial charge < -0.3 is 9.80 Å². The standard InChI is InChI=1S/C18H15F2IN2O2/c19-15-5-4-13(11-16(15)20)18(25)23-8-6-22(7-9-23)17(24)12-2-1-3-14(21)10-12/h1-5,10-11H,6-9H2. The minimum Gasteiger partial charge on any atom is -0.335 e. The molecule has 25 heavy (non-hydrogen) atoms. The van der Waals surface area contributed by atoms with Crippen LogP contribution in [0.5, 0.6) is 0 Å². The predicted octanol–water partition coefficient (Wildman–Crippen LogP) is 3.17. The van der Waals surface area contributed by atoms with Gasteiger partial charge in [-0.15, -0.1) is 0 Å². The minimum atomic E-state index is -1.04. The molecule has 0 N–H and O–H groups in total. The first-order valence-electron chi connectivity index (χ1n) is 7.75. The second kappa shape index (κ2) is 7.47. The number of halogens is 3. The largest absolute Gasteiger partial charge is 0.335 e. The Labute approximate surface area is 157 Å². The van der Waals surface area contributed by atoms with Crippen LogP contribution >= 0.6 is 22.6 Å². The van der Waals surface area contributed by atoms with Crippen molar-refractivity contribution < 1.29 is 18.4 Å². The number of carbonyl (C=O) groups excluding carboxylic acids is 2. The molecule has 0 spiro atoms. The zero-order valence-corrected chi connectivity index (χ0v) is 15.4. The smallest absolute Gasteiger partial charge is 0.254 e. The van der Waals surface area contributed by atoms with Crippen LogP contribution in [0.25, 0.3) is 0 Å². The highest BCUT2D eigenvalue weighted by Crippen LogP contribution is 2.15. The Kier molecular flexibility index (Phi) is 5.31. The minimum absolute atomic E-state index is 0.0709. The quantitative estimate of drug-likeness (QED) is 0.652. The van der Waals surface area contributed by atoms with Crippen LogP contribution in [0, 0.1) is 15.2 Å². The lowest BCUT2D eigenvalue weighted by molar-refractivity contribution is 0.0535. The van der Waals surface area contributed by atoms with Gasteiger partial charge in [-0.05, 0) is 59.0 Å². The molecule has 0 radical (unpaired) electrons. The third-order valence-corrected chi connectivity index (χ3v) is 4.76. The zero-order chi connectivity index (χ0) is 18.0. The van der Waals surface area contributed by atoms with Gasteiger partial charge in [0.25, 0.3) is 11.8 Å². The van der Waals surface area contributed by atoms with Crippen LogP contribution in [-0.2, 0) is 0 Å². The number of amides is 2. The summed E-state index contributed by atoms with van der Waals surface area (Å²) in [5.74, 6) is -2.46. The van der Waals surface area contributed by atoms with Crippen LogP contribution in [0.15, 0.2) is 42.5 Å². The van der Waals surface area contributed by atoms with E-state index < -0.39 is 11.6 Å². The van der Waals surface area contributed by atoms with Crippen LogP contribution in [-0.4, -0.2) is 47.8 Å². The Hall–Kier alpha value is -2.03. The van der Waals surface area contributed by atoms with Crippen molar-refractivity contribution in [3.63, 3.8) is 0 Å². The second-order valence-corrected chi connectivity index (χ2v) is 6.97. The summed E-state index contributed by atoms with van der Waals surface area (Å²) in [4.78, 5) is 28.1. The molecule has 1 fully saturated rings. The first-order valence-corrected chi connectivity index (χ1v) is 8.83. The lowest BCUT2D eigenvalue weighted by Crippen LogP contribution is -2.50. The van der Waals surface area contributed by atoms with Gasteiger partial charge in [0.1, 0.15) is 0 Å². The van der Waals surface area contributed by atoms with Crippen LogP contribution in [0.3, 0.4) is 0 Å². The normalized spacial score (nSPS) is 14.5. The van der Waals surface area contributed by atoms with Crippen molar-refractivity contribution in [2.24, 2.45) is 0 Å². The summed E-state index contributed by atoms with van der Waals surface area (Å²) in [5.41, 5.74) is 0.726. The molecule has 2 amide bonds. The van der Waals surface area contributed by atoms with E-state index in [4.69, 9.17) is 0 Å². The van der Waals surface area contributed by atoms with Crippen LogP contribution < -0.4 is 0 Å². The summed E-state index contributed by atoms with van der Waals surface area (Å²) in [6, 6.07) is 10.4. The third kappa shape index (κ3) is 3.97. The van der Waals surface area contributed by atoms with Gasteiger partial charge in [-0.3, -0.25) is 9.59 Å². The molecule has 0 unspecified atom stereocenters. The summed E-state index contributed by atoms with van der Waals surface area (Å²) >= 11 is 2.15. The molecule has 0 aliphatic carbocycles. The van der Waals surface area contributed by atoms with Crippen molar-refractivity contribution in [1.29, 1.82) is 0 Å². The van der Waals surface area contributed by atoms with Gasteiger partial charge in [0.2, 0.25) is 0 Å². The predicted molar refractivity (Wildman–Crippen MR) is 97.3 cm³/mol. The highest BCUT2D eigenvalue weighted by Gasteiger charge is 2.26. The molecule has 1 heterocycles. The van der Waals surface area contributed by atoms with Crippen LogP contribution in [0.1, 0.15) is 20.7 Å². The van der Waals surface area contributed by atoms with E-state index in [1.165, 1.54) is 6.07 Å².